The Morgan fingerprint density at radius 1 is 1.00 bits per heavy atom. The fourth-order valence-corrected chi connectivity index (χ4v) is 3.60. The number of anilines is 1. The quantitative estimate of drug-likeness (QED) is 0.528. The number of hydrogen-bond acceptors (Lipinski definition) is 6. The van der Waals surface area contributed by atoms with Crippen molar-refractivity contribution >= 4 is 5.69 Å². The molecule has 0 saturated carbocycles. The van der Waals surface area contributed by atoms with Gasteiger partial charge in [-0.3, -0.25) is 9.88 Å². The van der Waals surface area contributed by atoms with E-state index in [2.05, 4.69) is 10.2 Å². The van der Waals surface area contributed by atoms with Crippen LogP contribution < -0.4 is 10.1 Å². The molecule has 2 heterocycles. The zero-order valence-corrected chi connectivity index (χ0v) is 18.0. The molecular weight excluding hydrogens is 409 g/mol. The molecule has 0 unspecified atom stereocenters. The summed E-state index contributed by atoms with van der Waals surface area (Å²) in [6.45, 7) is 5.34. The highest BCUT2D eigenvalue weighted by Crippen LogP contribution is 2.27. The number of hydrogen-bond donors (Lipinski definition) is 2. The van der Waals surface area contributed by atoms with Crippen molar-refractivity contribution in [1.82, 2.24) is 9.88 Å². The third kappa shape index (κ3) is 6.26. The summed E-state index contributed by atoms with van der Waals surface area (Å²) in [6.07, 6.45) is 0.498. The predicted molar refractivity (Wildman–Crippen MR) is 123 cm³/mol. The van der Waals surface area contributed by atoms with Gasteiger partial charge < -0.3 is 19.9 Å². The number of halogens is 1. The molecule has 32 heavy (non-hydrogen) atoms. The predicted octanol–water partition coefficient (Wildman–Crippen LogP) is 3.96. The van der Waals surface area contributed by atoms with Crippen LogP contribution in [0.3, 0.4) is 0 Å². The van der Waals surface area contributed by atoms with Crippen molar-refractivity contribution in [2.24, 2.45) is 0 Å². The van der Waals surface area contributed by atoms with Crippen molar-refractivity contribution in [3.05, 3.63) is 72.2 Å². The maximum absolute atomic E-state index is 13.1. The molecule has 7 heteroatoms. The Balaban J connectivity index is 1.44. The van der Waals surface area contributed by atoms with Crippen LogP contribution in [0.25, 0.3) is 11.3 Å². The summed E-state index contributed by atoms with van der Waals surface area (Å²) in [5.41, 5.74) is 3.61. The normalized spacial score (nSPS) is 14.3. The minimum atomic E-state index is -0.295. The monoisotopic (exact) mass is 437 g/mol. The minimum Gasteiger partial charge on any atom is -0.457 e. The molecule has 0 radical (unpaired) electrons. The van der Waals surface area contributed by atoms with Gasteiger partial charge in [-0.25, -0.2) is 4.39 Å². The molecule has 0 spiro atoms. The van der Waals surface area contributed by atoms with E-state index in [-0.39, 0.29) is 12.4 Å². The van der Waals surface area contributed by atoms with Crippen LogP contribution in [0.2, 0.25) is 0 Å². The van der Waals surface area contributed by atoms with E-state index in [1.165, 1.54) is 12.1 Å². The van der Waals surface area contributed by atoms with Gasteiger partial charge in [0.25, 0.3) is 0 Å². The minimum absolute atomic E-state index is 0.0497. The molecule has 3 aromatic rings. The molecule has 2 N–H and O–H groups in total. The Hall–Kier alpha value is -3.00. The Morgan fingerprint density at radius 3 is 2.38 bits per heavy atom. The highest BCUT2D eigenvalue weighted by atomic mass is 19.1. The summed E-state index contributed by atoms with van der Waals surface area (Å²) in [6, 6.07) is 17.6. The van der Waals surface area contributed by atoms with Gasteiger partial charge in [-0.1, -0.05) is 0 Å². The number of rotatable bonds is 9. The number of ether oxygens (including phenoxy) is 2. The number of aliphatic hydroxyl groups excluding tert-OH is 1. The summed E-state index contributed by atoms with van der Waals surface area (Å²) < 4.78 is 24.2. The van der Waals surface area contributed by atoms with Gasteiger partial charge >= 0.3 is 0 Å². The van der Waals surface area contributed by atoms with Gasteiger partial charge in [0.05, 0.1) is 18.9 Å². The maximum Gasteiger partial charge on any atom is 0.127 e. The van der Waals surface area contributed by atoms with Crippen LogP contribution in [0.1, 0.15) is 5.69 Å². The van der Waals surface area contributed by atoms with Crippen LogP contribution in [-0.4, -0.2) is 61.0 Å². The average molecular weight is 438 g/mol. The molecule has 4 rings (SSSR count). The molecule has 0 amide bonds. The standard InChI is InChI=1S/C25H28FN3O3/c26-20-3-7-24(8-4-20)32-23-5-1-19(2-6-23)25-18-22(17-21(28-25)9-14-30)27-10-11-29-12-15-31-16-13-29/h1-8,17-18,30H,9-16H2,(H,27,28). The fraction of sp³-hybridized carbons (Fsp3) is 0.320. The van der Waals surface area contributed by atoms with Crippen LogP contribution in [0, 0.1) is 5.82 Å². The lowest BCUT2D eigenvalue weighted by Crippen LogP contribution is -2.39. The van der Waals surface area contributed by atoms with Gasteiger partial charge in [0.15, 0.2) is 0 Å². The summed E-state index contributed by atoms with van der Waals surface area (Å²) in [5, 5.41) is 12.9. The van der Waals surface area contributed by atoms with Crippen molar-refractivity contribution in [1.29, 1.82) is 0 Å². The van der Waals surface area contributed by atoms with Gasteiger partial charge in [0.1, 0.15) is 17.3 Å². The topological polar surface area (TPSA) is 66.9 Å². The average Bonchev–Trinajstić information content (AvgIpc) is 2.82. The highest BCUT2D eigenvalue weighted by Gasteiger charge is 2.10. The molecule has 1 aliphatic heterocycles. The largest absolute Gasteiger partial charge is 0.457 e. The van der Waals surface area contributed by atoms with Crippen molar-refractivity contribution < 1.29 is 19.0 Å². The SMILES string of the molecule is OCCc1cc(NCCN2CCOCC2)cc(-c2ccc(Oc3ccc(F)cc3)cc2)n1. The van der Waals surface area contributed by atoms with E-state index in [4.69, 9.17) is 14.5 Å². The number of aliphatic hydroxyl groups is 1. The second-order valence-corrected chi connectivity index (χ2v) is 7.67. The number of morpholine rings is 1. The zero-order chi connectivity index (χ0) is 22.2. The molecule has 0 bridgehead atoms. The first-order valence-electron chi connectivity index (χ1n) is 10.9. The van der Waals surface area contributed by atoms with Gasteiger partial charge in [-0.2, -0.15) is 0 Å². The maximum atomic E-state index is 13.1. The number of aromatic nitrogens is 1. The first kappa shape index (κ1) is 22.2. The van der Waals surface area contributed by atoms with Gasteiger partial charge in [-0.15, -0.1) is 0 Å². The Bertz CT molecular complexity index is 990. The highest BCUT2D eigenvalue weighted by molar-refractivity contribution is 5.65. The van der Waals surface area contributed by atoms with Gasteiger partial charge in [0, 0.05) is 56.2 Å². The molecule has 1 aromatic heterocycles. The van der Waals surface area contributed by atoms with Crippen molar-refractivity contribution in [3.8, 4) is 22.8 Å². The van der Waals surface area contributed by atoms with E-state index in [1.54, 1.807) is 12.1 Å². The fourth-order valence-electron chi connectivity index (χ4n) is 3.60. The molecule has 0 atom stereocenters. The molecule has 0 aliphatic carbocycles. The third-order valence-corrected chi connectivity index (χ3v) is 5.31. The van der Waals surface area contributed by atoms with E-state index >= 15 is 0 Å². The van der Waals surface area contributed by atoms with Crippen LogP contribution in [0.15, 0.2) is 60.7 Å². The van der Waals surface area contributed by atoms with Crippen LogP contribution in [0.4, 0.5) is 10.1 Å². The Kier molecular flexibility index (Phi) is 7.66. The molecule has 1 saturated heterocycles. The lowest BCUT2D eigenvalue weighted by Gasteiger charge is -2.26. The number of nitrogens with one attached hydrogen (secondary N) is 1. The van der Waals surface area contributed by atoms with Crippen molar-refractivity contribution in [2.45, 2.75) is 6.42 Å². The summed E-state index contributed by atoms with van der Waals surface area (Å²) >= 11 is 0. The van der Waals surface area contributed by atoms with E-state index in [0.717, 1.165) is 62.0 Å². The summed E-state index contributed by atoms with van der Waals surface area (Å²) in [7, 11) is 0. The second-order valence-electron chi connectivity index (χ2n) is 7.67. The number of benzene rings is 2. The zero-order valence-electron chi connectivity index (χ0n) is 18.0. The van der Waals surface area contributed by atoms with E-state index in [9.17, 15) is 9.50 Å². The second kappa shape index (κ2) is 11.0. The lowest BCUT2D eigenvalue weighted by molar-refractivity contribution is 0.0398. The summed E-state index contributed by atoms with van der Waals surface area (Å²) in [4.78, 5) is 7.09. The van der Waals surface area contributed by atoms with Crippen molar-refractivity contribution in [3.63, 3.8) is 0 Å². The van der Waals surface area contributed by atoms with E-state index in [1.807, 2.05) is 36.4 Å². The van der Waals surface area contributed by atoms with Crippen molar-refractivity contribution in [2.75, 3.05) is 51.3 Å². The molecular formula is C25H28FN3O3. The molecule has 1 aliphatic rings. The van der Waals surface area contributed by atoms with Gasteiger partial charge in [-0.05, 0) is 60.7 Å². The van der Waals surface area contributed by atoms with Crippen LogP contribution in [-0.2, 0) is 11.2 Å². The van der Waals surface area contributed by atoms with Gasteiger partial charge in [0.2, 0.25) is 0 Å². The molecule has 6 nitrogen and oxygen atoms in total. The Labute approximate surface area is 187 Å². The molecule has 168 valence electrons. The smallest absolute Gasteiger partial charge is 0.127 e. The third-order valence-electron chi connectivity index (χ3n) is 5.31. The number of nitrogens with zero attached hydrogens (tertiary/aromatic N) is 2. The summed E-state index contributed by atoms with van der Waals surface area (Å²) in [5.74, 6) is 0.945. The van der Waals surface area contributed by atoms with E-state index in [0.29, 0.717) is 17.9 Å². The molecule has 1 fully saturated rings. The van der Waals surface area contributed by atoms with Crippen LogP contribution >= 0.6 is 0 Å². The number of pyridine rings is 1. The lowest BCUT2D eigenvalue weighted by atomic mass is 10.1. The first-order chi connectivity index (χ1) is 15.7. The Morgan fingerprint density at radius 2 is 1.69 bits per heavy atom. The first-order valence-corrected chi connectivity index (χ1v) is 10.9. The molecule has 2 aromatic carbocycles. The van der Waals surface area contributed by atoms with Crippen LogP contribution in [0.5, 0.6) is 11.5 Å². The van der Waals surface area contributed by atoms with E-state index < -0.39 is 0 Å².